The third kappa shape index (κ3) is 5.94. The van der Waals surface area contributed by atoms with Crippen LogP contribution < -0.4 is 10.6 Å². The second kappa shape index (κ2) is 10.6. The number of urea groups is 1. The normalized spacial score (nSPS) is 24.4. The summed E-state index contributed by atoms with van der Waals surface area (Å²) in [6.07, 6.45) is -4.49. The largest absolute Gasteiger partial charge is 0.465 e. The van der Waals surface area contributed by atoms with Crippen molar-refractivity contribution in [3.8, 4) is 0 Å². The zero-order valence-electron chi connectivity index (χ0n) is 17.9. The maximum atomic E-state index is 12.8. The zero-order valence-corrected chi connectivity index (χ0v) is 17.9. The Morgan fingerprint density at radius 2 is 1.53 bits per heavy atom. The molecule has 12 heteroatoms. The van der Waals surface area contributed by atoms with Gasteiger partial charge in [-0.2, -0.15) is 0 Å². The lowest BCUT2D eigenvalue weighted by Gasteiger charge is -2.46. The van der Waals surface area contributed by atoms with E-state index in [1.54, 1.807) is 30.3 Å². The minimum atomic E-state index is -2.42. The molecule has 2 amide bonds. The van der Waals surface area contributed by atoms with Gasteiger partial charge in [-0.05, 0) is 12.1 Å². The third-order valence-corrected chi connectivity index (χ3v) is 4.27. The van der Waals surface area contributed by atoms with Gasteiger partial charge in [-0.1, -0.05) is 18.2 Å². The van der Waals surface area contributed by atoms with Crippen molar-refractivity contribution in [1.82, 2.24) is 5.32 Å². The topological polar surface area (TPSA) is 156 Å². The molecule has 1 aliphatic heterocycles. The Morgan fingerprint density at radius 1 is 0.938 bits per heavy atom. The van der Waals surface area contributed by atoms with Crippen LogP contribution in [-0.4, -0.2) is 67.7 Å². The zero-order chi connectivity index (χ0) is 23.9. The Labute approximate surface area is 183 Å². The molecule has 0 bridgehead atoms. The van der Waals surface area contributed by atoms with Gasteiger partial charge in [0.25, 0.3) is 5.72 Å². The van der Waals surface area contributed by atoms with Crippen molar-refractivity contribution in [1.29, 1.82) is 0 Å². The fraction of sp³-hybridized carbons (Fsp3) is 0.450. The van der Waals surface area contributed by atoms with Crippen molar-refractivity contribution in [2.45, 2.75) is 44.8 Å². The number of benzene rings is 1. The number of hydrogen-bond donors (Lipinski definition) is 2. The third-order valence-electron chi connectivity index (χ3n) is 4.27. The van der Waals surface area contributed by atoms with Crippen LogP contribution in [0.2, 0.25) is 0 Å². The fourth-order valence-electron chi connectivity index (χ4n) is 3.13. The molecule has 1 aromatic rings. The second-order valence-electron chi connectivity index (χ2n) is 6.74. The number of carbonyl (C=O) groups is 5. The van der Waals surface area contributed by atoms with Crippen molar-refractivity contribution >= 4 is 35.6 Å². The molecule has 4 atom stereocenters. The molecular formula is C20H24N2O10. The van der Waals surface area contributed by atoms with Gasteiger partial charge in [-0.15, -0.1) is 0 Å². The average molecular weight is 452 g/mol. The number of amides is 2. The first-order valence-electron chi connectivity index (χ1n) is 9.47. The van der Waals surface area contributed by atoms with Crippen LogP contribution in [0.5, 0.6) is 0 Å². The van der Waals surface area contributed by atoms with Gasteiger partial charge in [0.1, 0.15) is 0 Å². The van der Waals surface area contributed by atoms with Crippen LogP contribution in [0.1, 0.15) is 20.8 Å². The average Bonchev–Trinajstić information content (AvgIpc) is 2.71. The quantitative estimate of drug-likeness (QED) is 0.460. The highest BCUT2D eigenvalue weighted by molar-refractivity contribution is 5.94. The van der Waals surface area contributed by atoms with Gasteiger partial charge in [0.15, 0.2) is 12.2 Å². The Hall–Kier alpha value is -3.67. The molecule has 0 aliphatic carbocycles. The Morgan fingerprint density at radius 3 is 2.06 bits per heavy atom. The molecule has 1 saturated heterocycles. The summed E-state index contributed by atoms with van der Waals surface area (Å²) in [6.45, 7) is 2.72. The summed E-state index contributed by atoms with van der Waals surface area (Å²) in [7, 11) is 1.02. The van der Waals surface area contributed by atoms with E-state index in [1.807, 2.05) is 0 Å². The van der Waals surface area contributed by atoms with Crippen LogP contribution >= 0.6 is 0 Å². The molecule has 1 heterocycles. The Balaban J connectivity index is 2.47. The molecule has 12 nitrogen and oxygen atoms in total. The van der Waals surface area contributed by atoms with Crippen LogP contribution in [0, 0.1) is 0 Å². The molecule has 2 rings (SSSR count). The van der Waals surface area contributed by atoms with Crippen LogP contribution in [0.3, 0.4) is 0 Å². The summed E-state index contributed by atoms with van der Waals surface area (Å²) < 4.78 is 25.9. The lowest BCUT2D eigenvalue weighted by molar-refractivity contribution is -0.262. The summed E-state index contributed by atoms with van der Waals surface area (Å²) >= 11 is 0. The standard InChI is InChI=1S/C20H24N2O10/c1-11(23)30-15-10-29-20(18(26)28-4,17(32-13(3)25)16(15)31-12(2)24)22-19(27)21-14-8-6-5-7-9-14/h5-9,15-17H,10H2,1-4H3,(H2,21,22,27)/t15-,16-,17-,20+/m0/s1. The lowest BCUT2D eigenvalue weighted by atomic mass is 9.93. The smallest absolute Gasteiger partial charge is 0.363 e. The van der Waals surface area contributed by atoms with Gasteiger partial charge in [0.05, 0.1) is 13.7 Å². The molecular weight excluding hydrogens is 428 g/mol. The Bertz CT molecular complexity index is 874. The number of esters is 4. The molecule has 32 heavy (non-hydrogen) atoms. The highest BCUT2D eigenvalue weighted by Gasteiger charge is 2.62. The first kappa shape index (κ1) is 24.6. The number of rotatable bonds is 6. The van der Waals surface area contributed by atoms with Gasteiger partial charge in [-0.25, -0.2) is 9.59 Å². The molecule has 1 fully saturated rings. The van der Waals surface area contributed by atoms with Gasteiger partial charge >= 0.3 is 29.9 Å². The predicted octanol–water partition coefficient (Wildman–Crippen LogP) is 0.503. The number of hydrogen-bond acceptors (Lipinski definition) is 10. The monoisotopic (exact) mass is 452 g/mol. The molecule has 2 N–H and O–H groups in total. The summed E-state index contributed by atoms with van der Waals surface area (Å²) in [4.78, 5) is 60.6. The second-order valence-corrected chi connectivity index (χ2v) is 6.74. The summed E-state index contributed by atoms with van der Waals surface area (Å²) in [6, 6.07) is 7.35. The molecule has 0 unspecified atom stereocenters. The van der Waals surface area contributed by atoms with Crippen molar-refractivity contribution in [2.24, 2.45) is 0 Å². The number of carbonyl (C=O) groups excluding carboxylic acids is 5. The first-order chi connectivity index (χ1) is 15.1. The first-order valence-corrected chi connectivity index (χ1v) is 9.47. The summed E-state index contributed by atoms with van der Waals surface area (Å²) in [5.74, 6) is -3.60. The number of ether oxygens (including phenoxy) is 5. The van der Waals surface area contributed by atoms with Gasteiger partial charge < -0.3 is 29.0 Å². The van der Waals surface area contributed by atoms with Crippen molar-refractivity contribution < 1.29 is 47.7 Å². The predicted molar refractivity (Wildman–Crippen MR) is 106 cm³/mol. The molecule has 0 spiro atoms. The minimum absolute atomic E-state index is 0.388. The molecule has 1 aromatic carbocycles. The maximum absolute atomic E-state index is 12.8. The summed E-state index contributed by atoms with van der Waals surface area (Å²) in [5.41, 5.74) is -2.03. The number of anilines is 1. The van der Waals surface area contributed by atoms with Crippen LogP contribution in [0.4, 0.5) is 10.5 Å². The van der Waals surface area contributed by atoms with Gasteiger partial charge in [0.2, 0.25) is 6.10 Å². The van der Waals surface area contributed by atoms with E-state index in [0.29, 0.717) is 5.69 Å². The lowest BCUT2D eigenvalue weighted by Crippen LogP contribution is -2.74. The Kier molecular flexibility index (Phi) is 8.13. The van der Waals surface area contributed by atoms with Crippen LogP contribution in [0.15, 0.2) is 30.3 Å². The van der Waals surface area contributed by atoms with Crippen molar-refractivity contribution in [2.75, 3.05) is 19.0 Å². The molecule has 0 aromatic heterocycles. The van der Waals surface area contributed by atoms with E-state index in [4.69, 9.17) is 23.7 Å². The minimum Gasteiger partial charge on any atom is -0.465 e. The van der Waals surface area contributed by atoms with Crippen molar-refractivity contribution in [3.05, 3.63) is 30.3 Å². The number of para-hydroxylation sites is 1. The van der Waals surface area contributed by atoms with Crippen LogP contribution in [0.25, 0.3) is 0 Å². The molecule has 0 saturated carbocycles. The molecule has 0 radical (unpaired) electrons. The van der Waals surface area contributed by atoms with Gasteiger partial charge in [0, 0.05) is 26.5 Å². The molecule has 1 aliphatic rings. The van der Waals surface area contributed by atoms with E-state index in [2.05, 4.69) is 10.6 Å². The van der Waals surface area contributed by atoms with E-state index in [0.717, 1.165) is 27.9 Å². The fourth-order valence-corrected chi connectivity index (χ4v) is 3.13. The van der Waals surface area contributed by atoms with Crippen molar-refractivity contribution in [3.63, 3.8) is 0 Å². The van der Waals surface area contributed by atoms with E-state index >= 15 is 0 Å². The number of methoxy groups -OCH3 is 1. The maximum Gasteiger partial charge on any atom is 0.363 e. The van der Waals surface area contributed by atoms with E-state index in [1.165, 1.54) is 0 Å². The highest BCUT2D eigenvalue weighted by Crippen LogP contribution is 2.32. The molecule has 174 valence electrons. The SMILES string of the molecule is COC(=O)[C@]1(NC(=O)Nc2ccccc2)OC[C@H](OC(C)=O)[C@H](OC(C)=O)[C@@H]1OC(C)=O. The van der Waals surface area contributed by atoms with Gasteiger partial charge in [-0.3, -0.25) is 19.7 Å². The van der Waals surface area contributed by atoms with Crippen LogP contribution in [-0.2, 0) is 42.9 Å². The van der Waals surface area contributed by atoms with E-state index < -0.39 is 60.6 Å². The summed E-state index contributed by atoms with van der Waals surface area (Å²) in [5, 5.41) is 4.80. The number of nitrogens with one attached hydrogen (secondary N) is 2. The van der Waals surface area contributed by atoms with E-state index in [-0.39, 0.29) is 0 Å². The highest BCUT2D eigenvalue weighted by atomic mass is 16.7. The van der Waals surface area contributed by atoms with E-state index in [9.17, 15) is 24.0 Å².